The molecule has 0 radical (unpaired) electrons. The van der Waals surface area contributed by atoms with Crippen molar-refractivity contribution in [3.05, 3.63) is 65.7 Å². The Morgan fingerprint density at radius 3 is 2.26 bits per heavy atom. The van der Waals surface area contributed by atoms with Crippen LogP contribution in [0.25, 0.3) is 0 Å². The predicted octanol–water partition coefficient (Wildman–Crippen LogP) is 3.19. The van der Waals surface area contributed by atoms with E-state index in [0.29, 0.717) is 0 Å². The number of amides is 1. The van der Waals surface area contributed by atoms with E-state index >= 15 is 0 Å². The van der Waals surface area contributed by atoms with Gasteiger partial charge in [-0.1, -0.05) is 61.4 Å². The summed E-state index contributed by atoms with van der Waals surface area (Å²) in [5.41, 5.74) is 1.87. The molecule has 0 aliphatic rings. The lowest BCUT2D eigenvalue weighted by atomic mass is 10.1. The van der Waals surface area contributed by atoms with Gasteiger partial charge in [0.05, 0.1) is 4.90 Å². The molecule has 0 saturated carbocycles. The largest absolute Gasteiger partial charge is 0.352 e. The van der Waals surface area contributed by atoms with Crippen LogP contribution in [0.2, 0.25) is 0 Å². The lowest BCUT2D eigenvalue weighted by Crippen LogP contribution is -2.50. The van der Waals surface area contributed by atoms with Crippen molar-refractivity contribution in [3.63, 3.8) is 0 Å². The summed E-state index contributed by atoms with van der Waals surface area (Å²) in [5.74, 6) is -0.310. The maximum absolute atomic E-state index is 12.8. The van der Waals surface area contributed by atoms with Crippen LogP contribution in [0.3, 0.4) is 0 Å². The van der Waals surface area contributed by atoms with Crippen molar-refractivity contribution in [3.8, 4) is 0 Å². The third-order valence-corrected chi connectivity index (χ3v) is 5.83. The van der Waals surface area contributed by atoms with Gasteiger partial charge in [0.2, 0.25) is 15.9 Å². The summed E-state index contributed by atoms with van der Waals surface area (Å²) in [7, 11) is -3.80. The van der Waals surface area contributed by atoms with Gasteiger partial charge in [-0.25, -0.2) is 8.42 Å². The van der Waals surface area contributed by atoms with Crippen LogP contribution in [0, 0.1) is 6.92 Å². The van der Waals surface area contributed by atoms with Gasteiger partial charge in [0.25, 0.3) is 0 Å². The summed E-state index contributed by atoms with van der Waals surface area (Å²) in [5, 5.41) is 2.92. The van der Waals surface area contributed by atoms with Crippen LogP contribution in [-0.2, 0) is 21.2 Å². The fourth-order valence-electron chi connectivity index (χ4n) is 2.86. The van der Waals surface area contributed by atoms with Gasteiger partial charge >= 0.3 is 0 Å². The molecular formula is C21H28N2O3S. The van der Waals surface area contributed by atoms with E-state index in [1.165, 1.54) is 0 Å². The summed E-state index contributed by atoms with van der Waals surface area (Å²) < 4.78 is 28.1. The Kier molecular flexibility index (Phi) is 7.56. The molecule has 2 atom stereocenters. The quantitative estimate of drug-likeness (QED) is 0.693. The Balaban J connectivity index is 2.22. The molecule has 2 aromatic rings. The van der Waals surface area contributed by atoms with Gasteiger partial charge < -0.3 is 5.32 Å². The fraction of sp³-hybridized carbons (Fsp3) is 0.381. The molecule has 27 heavy (non-hydrogen) atoms. The molecule has 0 aliphatic heterocycles. The molecule has 0 saturated heterocycles. The van der Waals surface area contributed by atoms with Crippen molar-refractivity contribution in [2.75, 3.05) is 0 Å². The molecule has 2 rings (SSSR count). The number of carbonyl (C=O) groups excluding carboxylic acids is 1. The highest BCUT2D eigenvalue weighted by Crippen LogP contribution is 2.13. The third kappa shape index (κ3) is 6.48. The van der Waals surface area contributed by atoms with Crippen LogP contribution in [-0.4, -0.2) is 26.4 Å². The Hall–Kier alpha value is -2.18. The van der Waals surface area contributed by atoms with Crippen LogP contribution in [0.4, 0.5) is 0 Å². The van der Waals surface area contributed by atoms with E-state index < -0.39 is 16.1 Å². The van der Waals surface area contributed by atoms with Crippen molar-refractivity contribution in [2.24, 2.45) is 0 Å². The summed E-state index contributed by atoms with van der Waals surface area (Å²) in [6.45, 7) is 5.87. The first kappa shape index (κ1) is 21.1. The Morgan fingerprint density at radius 2 is 1.67 bits per heavy atom. The van der Waals surface area contributed by atoms with E-state index in [0.717, 1.165) is 24.0 Å². The lowest BCUT2D eigenvalue weighted by Gasteiger charge is -2.21. The van der Waals surface area contributed by atoms with Gasteiger partial charge in [-0.15, -0.1) is 0 Å². The molecular weight excluding hydrogens is 360 g/mol. The smallest absolute Gasteiger partial charge is 0.241 e. The summed E-state index contributed by atoms with van der Waals surface area (Å²) in [4.78, 5) is 12.9. The average molecular weight is 389 g/mol. The predicted molar refractivity (Wildman–Crippen MR) is 108 cm³/mol. The highest BCUT2D eigenvalue weighted by atomic mass is 32.2. The van der Waals surface area contributed by atoms with Gasteiger partial charge in [0, 0.05) is 6.04 Å². The van der Waals surface area contributed by atoms with Crippen molar-refractivity contribution >= 4 is 15.9 Å². The summed E-state index contributed by atoms with van der Waals surface area (Å²) in [6.07, 6.45) is 2.07. The Bertz CT molecular complexity index is 833. The minimum Gasteiger partial charge on any atom is -0.352 e. The SMILES string of the molecule is CCC[C@@H](C)NC(=O)[C@@H](Cc1ccccc1)NS(=O)(=O)c1ccc(C)cc1. The standard InChI is InChI=1S/C21H28N2O3S/c1-4-8-17(3)22-21(24)20(15-18-9-6-5-7-10-18)23-27(25,26)19-13-11-16(2)12-14-19/h5-7,9-14,17,20,23H,4,8,15H2,1-3H3,(H,22,24)/t17-,20-/m1/s1. The normalized spacial score (nSPS) is 13.7. The monoisotopic (exact) mass is 388 g/mol. The minimum atomic E-state index is -3.80. The molecule has 0 aromatic heterocycles. The van der Waals surface area contributed by atoms with Gasteiger partial charge in [-0.05, 0) is 44.4 Å². The zero-order valence-corrected chi connectivity index (χ0v) is 16.9. The second-order valence-corrected chi connectivity index (χ2v) is 8.59. The first-order chi connectivity index (χ1) is 12.8. The first-order valence-electron chi connectivity index (χ1n) is 9.25. The highest BCUT2D eigenvalue weighted by molar-refractivity contribution is 7.89. The fourth-order valence-corrected chi connectivity index (χ4v) is 4.05. The second-order valence-electron chi connectivity index (χ2n) is 6.87. The van der Waals surface area contributed by atoms with Crippen molar-refractivity contribution in [1.82, 2.24) is 10.0 Å². The van der Waals surface area contributed by atoms with E-state index in [1.54, 1.807) is 24.3 Å². The number of rotatable bonds is 9. The molecule has 5 nitrogen and oxygen atoms in total. The first-order valence-corrected chi connectivity index (χ1v) is 10.7. The van der Waals surface area contributed by atoms with E-state index in [-0.39, 0.29) is 23.3 Å². The maximum atomic E-state index is 12.8. The van der Waals surface area contributed by atoms with Crippen molar-refractivity contribution in [1.29, 1.82) is 0 Å². The van der Waals surface area contributed by atoms with Crippen LogP contribution >= 0.6 is 0 Å². The molecule has 2 aromatic carbocycles. The zero-order valence-electron chi connectivity index (χ0n) is 16.1. The van der Waals surface area contributed by atoms with Gasteiger partial charge in [-0.2, -0.15) is 4.72 Å². The summed E-state index contributed by atoms with van der Waals surface area (Å²) in [6, 6.07) is 15.1. The van der Waals surface area contributed by atoms with Crippen molar-refractivity contribution in [2.45, 2.75) is 57.0 Å². The van der Waals surface area contributed by atoms with Crippen LogP contribution in [0.1, 0.15) is 37.8 Å². The van der Waals surface area contributed by atoms with Crippen LogP contribution in [0.15, 0.2) is 59.5 Å². The van der Waals surface area contributed by atoms with Crippen LogP contribution < -0.4 is 10.0 Å². The lowest BCUT2D eigenvalue weighted by molar-refractivity contribution is -0.123. The topological polar surface area (TPSA) is 75.3 Å². The van der Waals surface area contributed by atoms with Gasteiger partial charge in [-0.3, -0.25) is 4.79 Å². The zero-order chi connectivity index (χ0) is 19.9. The molecule has 1 amide bonds. The molecule has 0 heterocycles. The van der Waals surface area contributed by atoms with Crippen molar-refractivity contribution < 1.29 is 13.2 Å². The molecule has 6 heteroatoms. The van der Waals surface area contributed by atoms with E-state index in [9.17, 15) is 13.2 Å². The number of benzene rings is 2. The van der Waals surface area contributed by atoms with Crippen LogP contribution in [0.5, 0.6) is 0 Å². The molecule has 2 N–H and O–H groups in total. The molecule has 0 fully saturated rings. The average Bonchev–Trinajstić information content (AvgIpc) is 2.62. The highest BCUT2D eigenvalue weighted by Gasteiger charge is 2.26. The maximum Gasteiger partial charge on any atom is 0.241 e. The van der Waals surface area contributed by atoms with Gasteiger partial charge in [0.1, 0.15) is 6.04 Å². The number of aryl methyl sites for hydroxylation is 1. The minimum absolute atomic E-state index is 0.00958. The Labute approximate surface area is 162 Å². The second kappa shape index (κ2) is 9.67. The Morgan fingerprint density at radius 1 is 1.04 bits per heavy atom. The number of nitrogens with one attached hydrogen (secondary N) is 2. The van der Waals surface area contributed by atoms with E-state index in [2.05, 4.69) is 10.0 Å². The van der Waals surface area contributed by atoms with E-state index in [4.69, 9.17) is 0 Å². The molecule has 0 bridgehead atoms. The van der Waals surface area contributed by atoms with Gasteiger partial charge in [0.15, 0.2) is 0 Å². The molecule has 0 unspecified atom stereocenters. The summed E-state index contributed by atoms with van der Waals surface area (Å²) >= 11 is 0. The number of sulfonamides is 1. The molecule has 146 valence electrons. The van der Waals surface area contributed by atoms with E-state index in [1.807, 2.05) is 51.1 Å². The number of hydrogen-bond acceptors (Lipinski definition) is 3. The molecule has 0 spiro atoms. The number of carbonyl (C=O) groups is 1. The number of hydrogen-bond donors (Lipinski definition) is 2. The third-order valence-electron chi connectivity index (χ3n) is 4.34. The molecule has 0 aliphatic carbocycles.